The lowest BCUT2D eigenvalue weighted by Crippen LogP contribution is -1.98. The maximum Gasteiger partial charge on any atom is 0.107 e. The molecule has 0 aliphatic heterocycles. The molecule has 96 valence electrons. The third-order valence-corrected chi connectivity index (χ3v) is 5.19. The maximum absolute atomic E-state index is 6.02. The molecule has 0 unspecified atom stereocenters. The van der Waals surface area contributed by atoms with Crippen molar-refractivity contribution in [2.24, 2.45) is 0 Å². The fourth-order valence-electron chi connectivity index (χ4n) is 1.68. The first kappa shape index (κ1) is 13.9. The monoisotopic (exact) mass is 343 g/mol. The van der Waals surface area contributed by atoms with Crippen LogP contribution >= 0.6 is 38.9 Å². The van der Waals surface area contributed by atoms with Crippen LogP contribution in [-0.2, 0) is 6.54 Å². The van der Waals surface area contributed by atoms with Gasteiger partial charge in [-0.25, -0.2) is 0 Å². The van der Waals surface area contributed by atoms with Gasteiger partial charge in [-0.3, -0.25) is 0 Å². The van der Waals surface area contributed by atoms with E-state index in [-0.39, 0.29) is 0 Å². The Morgan fingerprint density at radius 1 is 1.33 bits per heavy atom. The molecule has 0 aliphatic carbocycles. The summed E-state index contributed by atoms with van der Waals surface area (Å²) in [7, 11) is 0. The van der Waals surface area contributed by atoms with Crippen molar-refractivity contribution in [3.05, 3.63) is 49.6 Å². The SMILES string of the molecule is CC(C)c1cccc(NCc2cc(Br)c(Cl)s2)c1. The summed E-state index contributed by atoms with van der Waals surface area (Å²) in [4.78, 5) is 1.22. The minimum absolute atomic E-state index is 0.553. The standard InChI is InChI=1S/C14H15BrClNS/c1-9(2)10-4-3-5-11(6-10)17-8-12-7-13(15)14(16)18-12/h3-7,9,17H,8H2,1-2H3. The zero-order chi connectivity index (χ0) is 13.1. The second kappa shape index (κ2) is 6.09. The molecular formula is C14H15BrClNS. The van der Waals surface area contributed by atoms with Crippen molar-refractivity contribution in [1.29, 1.82) is 0 Å². The van der Waals surface area contributed by atoms with Crippen LogP contribution < -0.4 is 5.32 Å². The molecule has 1 N–H and O–H groups in total. The van der Waals surface area contributed by atoms with Crippen LogP contribution in [0.1, 0.15) is 30.2 Å². The minimum Gasteiger partial charge on any atom is -0.380 e. The molecule has 0 atom stereocenters. The number of thiophene rings is 1. The van der Waals surface area contributed by atoms with Gasteiger partial charge in [0.15, 0.2) is 0 Å². The molecule has 0 fully saturated rings. The van der Waals surface area contributed by atoms with Gasteiger partial charge in [-0.15, -0.1) is 11.3 Å². The van der Waals surface area contributed by atoms with Gasteiger partial charge in [0.05, 0.1) is 0 Å². The Labute approximate surface area is 125 Å². The van der Waals surface area contributed by atoms with Gasteiger partial charge in [-0.1, -0.05) is 37.6 Å². The molecule has 0 bridgehead atoms. The van der Waals surface area contributed by atoms with Crippen LogP contribution in [0.15, 0.2) is 34.8 Å². The van der Waals surface area contributed by atoms with Gasteiger partial charge in [0.25, 0.3) is 0 Å². The van der Waals surface area contributed by atoms with Gasteiger partial charge in [0.1, 0.15) is 4.34 Å². The first-order valence-corrected chi connectivity index (χ1v) is 7.82. The number of rotatable bonds is 4. The van der Waals surface area contributed by atoms with Crippen LogP contribution in [0, 0.1) is 0 Å². The van der Waals surface area contributed by atoms with Gasteiger partial charge >= 0.3 is 0 Å². The second-order valence-electron chi connectivity index (χ2n) is 4.47. The zero-order valence-corrected chi connectivity index (χ0v) is 13.5. The molecule has 1 nitrogen and oxygen atoms in total. The largest absolute Gasteiger partial charge is 0.380 e. The van der Waals surface area contributed by atoms with Crippen LogP contribution in [0.3, 0.4) is 0 Å². The van der Waals surface area contributed by atoms with Gasteiger partial charge in [0, 0.05) is 21.6 Å². The molecule has 2 rings (SSSR count). The van der Waals surface area contributed by atoms with E-state index >= 15 is 0 Å². The van der Waals surface area contributed by atoms with Crippen molar-refractivity contribution in [2.45, 2.75) is 26.3 Å². The highest BCUT2D eigenvalue weighted by Gasteiger charge is 2.05. The summed E-state index contributed by atoms with van der Waals surface area (Å²) in [5.41, 5.74) is 2.51. The normalized spacial score (nSPS) is 10.9. The number of benzene rings is 1. The summed E-state index contributed by atoms with van der Waals surface area (Å²) in [6.45, 7) is 5.21. The van der Waals surface area contributed by atoms with Crippen molar-refractivity contribution in [3.8, 4) is 0 Å². The molecule has 1 aromatic carbocycles. The van der Waals surface area contributed by atoms with Crippen molar-refractivity contribution in [2.75, 3.05) is 5.32 Å². The Morgan fingerprint density at radius 3 is 2.72 bits per heavy atom. The van der Waals surface area contributed by atoms with Crippen molar-refractivity contribution >= 4 is 44.6 Å². The van der Waals surface area contributed by atoms with E-state index in [9.17, 15) is 0 Å². The van der Waals surface area contributed by atoms with E-state index in [0.29, 0.717) is 5.92 Å². The summed E-state index contributed by atoms with van der Waals surface area (Å²) < 4.78 is 1.78. The lowest BCUT2D eigenvalue weighted by Gasteiger charge is -2.09. The molecule has 1 heterocycles. The second-order valence-corrected chi connectivity index (χ2v) is 7.06. The zero-order valence-electron chi connectivity index (χ0n) is 10.3. The topological polar surface area (TPSA) is 12.0 Å². The molecule has 4 heteroatoms. The van der Waals surface area contributed by atoms with E-state index in [4.69, 9.17) is 11.6 Å². The van der Waals surface area contributed by atoms with Crippen molar-refractivity contribution in [3.63, 3.8) is 0 Å². The summed E-state index contributed by atoms with van der Waals surface area (Å²) in [6.07, 6.45) is 0. The van der Waals surface area contributed by atoms with E-state index in [2.05, 4.69) is 65.4 Å². The lowest BCUT2D eigenvalue weighted by molar-refractivity contribution is 0.866. The van der Waals surface area contributed by atoms with Gasteiger partial charge in [0.2, 0.25) is 0 Å². The molecule has 0 saturated heterocycles. The van der Waals surface area contributed by atoms with E-state index < -0.39 is 0 Å². The number of anilines is 1. The average Bonchev–Trinajstić information content (AvgIpc) is 2.67. The average molecular weight is 345 g/mol. The third-order valence-electron chi connectivity index (χ3n) is 2.72. The van der Waals surface area contributed by atoms with E-state index in [1.807, 2.05) is 0 Å². The first-order valence-electron chi connectivity index (χ1n) is 5.84. The number of nitrogens with one attached hydrogen (secondary N) is 1. The van der Waals surface area contributed by atoms with Crippen LogP contribution in [0.4, 0.5) is 5.69 Å². The number of hydrogen-bond donors (Lipinski definition) is 1. The summed E-state index contributed by atoms with van der Waals surface area (Å²) >= 11 is 11.0. The Morgan fingerprint density at radius 2 is 2.11 bits per heavy atom. The molecule has 0 spiro atoms. The maximum atomic E-state index is 6.02. The Kier molecular flexibility index (Phi) is 4.71. The molecular weight excluding hydrogens is 330 g/mol. The van der Waals surface area contributed by atoms with Gasteiger partial charge in [-0.05, 0) is 45.6 Å². The number of hydrogen-bond acceptors (Lipinski definition) is 2. The highest BCUT2D eigenvalue weighted by Crippen LogP contribution is 2.32. The van der Waals surface area contributed by atoms with E-state index in [1.165, 1.54) is 10.4 Å². The predicted octanol–water partition coefficient (Wildman–Crippen LogP) is 5.90. The Hall–Kier alpha value is -0.510. The van der Waals surface area contributed by atoms with Crippen LogP contribution in [0.2, 0.25) is 4.34 Å². The van der Waals surface area contributed by atoms with Crippen molar-refractivity contribution < 1.29 is 0 Å². The molecule has 0 amide bonds. The van der Waals surface area contributed by atoms with Crippen LogP contribution in [0.25, 0.3) is 0 Å². The highest BCUT2D eigenvalue weighted by atomic mass is 79.9. The summed E-state index contributed by atoms with van der Waals surface area (Å²) in [5.74, 6) is 0.553. The molecule has 0 aliphatic rings. The highest BCUT2D eigenvalue weighted by molar-refractivity contribution is 9.10. The Bertz CT molecular complexity index is 517. The van der Waals surface area contributed by atoms with E-state index in [0.717, 1.165) is 21.0 Å². The van der Waals surface area contributed by atoms with Crippen molar-refractivity contribution in [1.82, 2.24) is 0 Å². The quantitative estimate of drug-likeness (QED) is 0.728. The first-order chi connectivity index (χ1) is 8.56. The molecule has 1 aromatic heterocycles. The van der Waals surface area contributed by atoms with Crippen LogP contribution in [-0.4, -0.2) is 0 Å². The molecule has 2 aromatic rings. The fraction of sp³-hybridized carbons (Fsp3) is 0.286. The summed E-state index contributed by atoms with van der Waals surface area (Å²) in [6, 6.07) is 10.6. The van der Waals surface area contributed by atoms with Gasteiger partial charge in [-0.2, -0.15) is 0 Å². The fourth-order valence-corrected chi connectivity index (χ4v) is 3.41. The Balaban J connectivity index is 2.03. The molecule has 18 heavy (non-hydrogen) atoms. The number of halogens is 2. The lowest BCUT2D eigenvalue weighted by atomic mass is 10.0. The van der Waals surface area contributed by atoms with Crippen LogP contribution in [0.5, 0.6) is 0 Å². The van der Waals surface area contributed by atoms with E-state index in [1.54, 1.807) is 11.3 Å². The van der Waals surface area contributed by atoms with Gasteiger partial charge < -0.3 is 5.32 Å². The molecule has 0 saturated carbocycles. The third kappa shape index (κ3) is 3.50. The smallest absolute Gasteiger partial charge is 0.107 e. The predicted molar refractivity (Wildman–Crippen MR) is 84.9 cm³/mol. The minimum atomic E-state index is 0.553. The molecule has 0 radical (unpaired) electrons. The summed E-state index contributed by atoms with van der Waals surface area (Å²) in [5, 5.41) is 3.43.